The maximum absolute atomic E-state index is 9.72. The molecule has 0 aliphatic rings. The van der Waals surface area contributed by atoms with Crippen molar-refractivity contribution >= 4 is 10.8 Å². The molecule has 0 spiro atoms. The molecule has 0 aliphatic heterocycles. The second kappa shape index (κ2) is 6.02. The Morgan fingerprint density at radius 3 is 2.30 bits per heavy atom. The molecule has 0 aliphatic carbocycles. The number of methoxy groups -OCH3 is 2. The van der Waals surface area contributed by atoms with Gasteiger partial charge in [-0.05, 0) is 30.0 Å². The first-order chi connectivity index (χ1) is 11.2. The van der Waals surface area contributed by atoms with Crippen molar-refractivity contribution in [3.63, 3.8) is 0 Å². The van der Waals surface area contributed by atoms with Crippen LogP contribution in [0.5, 0.6) is 11.5 Å². The van der Waals surface area contributed by atoms with Gasteiger partial charge >= 0.3 is 0 Å². The van der Waals surface area contributed by atoms with Crippen molar-refractivity contribution in [2.24, 2.45) is 0 Å². The maximum Gasteiger partial charge on any atom is 0.161 e. The average molecular weight is 303 g/mol. The second-order valence-corrected chi connectivity index (χ2v) is 5.40. The van der Waals surface area contributed by atoms with Crippen LogP contribution in [0.3, 0.4) is 0 Å². The number of benzene rings is 3. The van der Waals surface area contributed by atoms with Crippen molar-refractivity contribution < 1.29 is 9.47 Å². The Balaban J connectivity index is 2.32. The molecule has 0 radical (unpaired) electrons. The van der Waals surface area contributed by atoms with Gasteiger partial charge in [-0.25, -0.2) is 0 Å². The Bertz CT molecular complexity index is 923. The summed E-state index contributed by atoms with van der Waals surface area (Å²) in [5, 5.41) is 11.5. The highest BCUT2D eigenvalue weighted by Crippen LogP contribution is 2.37. The number of nitriles is 1. The Hall–Kier alpha value is -2.99. The highest BCUT2D eigenvalue weighted by Gasteiger charge is 2.13. The third kappa shape index (κ3) is 2.60. The third-order valence-corrected chi connectivity index (χ3v) is 3.96. The molecular formula is C20H17NO2. The number of hydrogen-bond acceptors (Lipinski definition) is 3. The molecule has 0 saturated heterocycles. The Labute approximate surface area is 135 Å². The van der Waals surface area contributed by atoms with E-state index in [4.69, 9.17) is 9.47 Å². The van der Waals surface area contributed by atoms with Gasteiger partial charge in [0.2, 0.25) is 0 Å². The van der Waals surface area contributed by atoms with Crippen LogP contribution in [0.25, 0.3) is 21.9 Å². The minimum absolute atomic E-state index is 0.623. The first-order valence-corrected chi connectivity index (χ1v) is 7.34. The van der Waals surface area contributed by atoms with E-state index >= 15 is 0 Å². The van der Waals surface area contributed by atoms with Crippen LogP contribution in [-0.4, -0.2) is 14.2 Å². The molecular weight excluding hydrogens is 286 g/mol. The van der Waals surface area contributed by atoms with E-state index in [0.29, 0.717) is 17.1 Å². The third-order valence-electron chi connectivity index (χ3n) is 3.96. The molecule has 0 aromatic heterocycles. The average Bonchev–Trinajstić information content (AvgIpc) is 2.59. The second-order valence-electron chi connectivity index (χ2n) is 5.40. The molecule has 0 amide bonds. The standard InChI is InChI=1S/C20H17NO2/c1-13-5-4-6-14(9-13)16-8-7-15-10-19(22-2)20(23-3)11-17(15)18(16)12-21/h4-11H,1-3H3. The summed E-state index contributed by atoms with van der Waals surface area (Å²) in [5.74, 6) is 1.28. The lowest BCUT2D eigenvalue weighted by Crippen LogP contribution is -1.93. The summed E-state index contributed by atoms with van der Waals surface area (Å²) in [4.78, 5) is 0. The normalized spacial score (nSPS) is 10.3. The molecule has 0 fully saturated rings. The minimum Gasteiger partial charge on any atom is -0.493 e. The van der Waals surface area contributed by atoms with Gasteiger partial charge in [0, 0.05) is 10.9 Å². The van der Waals surface area contributed by atoms with E-state index in [2.05, 4.69) is 12.1 Å². The molecule has 3 nitrogen and oxygen atoms in total. The highest BCUT2D eigenvalue weighted by molar-refractivity contribution is 5.96. The highest BCUT2D eigenvalue weighted by atomic mass is 16.5. The molecule has 23 heavy (non-hydrogen) atoms. The van der Waals surface area contributed by atoms with Crippen molar-refractivity contribution in [3.8, 4) is 28.7 Å². The van der Waals surface area contributed by atoms with Gasteiger partial charge in [-0.2, -0.15) is 5.26 Å². The number of ether oxygens (including phenoxy) is 2. The zero-order valence-electron chi connectivity index (χ0n) is 13.4. The van der Waals surface area contributed by atoms with Gasteiger partial charge in [0.15, 0.2) is 11.5 Å². The van der Waals surface area contributed by atoms with Crippen LogP contribution in [0.2, 0.25) is 0 Å². The summed E-state index contributed by atoms with van der Waals surface area (Å²) in [5.41, 5.74) is 3.78. The number of hydrogen-bond donors (Lipinski definition) is 0. The Morgan fingerprint density at radius 1 is 0.913 bits per heavy atom. The van der Waals surface area contributed by atoms with Gasteiger partial charge in [-0.3, -0.25) is 0 Å². The summed E-state index contributed by atoms with van der Waals surface area (Å²) in [6, 6.07) is 18.3. The first kappa shape index (κ1) is 14.9. The van der Waals surface area contributed by atoms with Gasteiger partial charge in [0.1, 0.15) is 6.07 Å². The van der Waals surface area contributed by atoms with E-state index in [0.717, 1.165) is 21.9 Å². The van der Waals surface area contributed by atoms with E-state index in [1.54, 1.807) is 14.2 Å². The fraction of sp³-hybridized carbons (Fsp3) is 0.150. The maximum atomic E-state index is 9.72. The lowest BCUT2D eigenvalue weighted by Gasteiger charge is -2.12. The monoisotopic (exact) mass is 303 g/mol. The molecule has 3 aromatic rings. The summed E-state index contributed by atoms with van der Waals surface area (Å²) < 4.78 is 10.7. The van der Waals surface area contributed by atoms with Crippen molar-refractivity contribution in [1.29, 1.82) is 5.26 Å². The van der Waals surface area contributed by atoms with E-state index in [9.17, 15) is 5.26 Å². The SMILES string of the molecule is COc1cc2ccc(-c3cccc(C)c3)c(C#N)c2cc1OC. The van der Waals surface area contributed by atoms with Crippen LogP contribution in [0, 0.1) is 18.3 Å². The lowest BCUT2D eigenvalue weighted by molar-refractivity contribution is 0.356. The largest absolute Gasteiger partial charge is 0.493 e. The topological polar surface area (TPSA) is 42.2 Å². The van der Waals surface area contributed by atoms with Crippen LogP contribution in [-0.2, 0) is 0 Å². The molecule has 0 heterocycles. The predicted molar refractivity (Wildman–Crippen MR) is 91.9 cm³/mol. The van der Waals surface area contributed by atoms with Crippen LogP contribution >= 0.6 is 0 Å². The van der Waals surface area contributed by atoms with Gasteiger partial charge < -0.3 is 9.47 Å². The van der Waals surface area contributed by atoms with Crippen LogP contribution in [0.15, 0.2) is 48.5 Å². The van der Waals surface area contributed by atoms with Crippen LogP contribution < -0.4 is 9.47 Å². The van der Waals surface area contributed by atoms with E-state index in [1.165, 1.54) is 5.56 Å². The number of rotatable bonds is 3. The van der Waals surface area contributed by atoms with Gasteiger partial charge in [0.05, 0.1) is 19.8 Å². The summed E-state index contributed by atoms with van der Waals surface area (Å²) in [6.45, 7) is 2.05. The molecule has 3 aromatic carbocycles. The molecule has 3 rings (SSSR count). The molecule has 114 valence electrons. The Kier molecular flexibility index (Phi) is 3.91. The van der Waals surface area contributed by atoms with Crippen molar-refractivity contribution in [2.75, 3.05) is 14.2 Å². The zero-order chi connectivity index (χ0) is 16.4. The minimum atomic E-state index is 0.623. The fourth-order valence-electron chi connectivity index (χ4n) is 2.82. The molecule has 0 unspecified atom stereocenters. The zero-order valence-corrected chi connectivity index (χ0v) is 13.4. The van der Waals surface area contributed by atoms with E-state index < -0.39 is 0 Å². The summed E-state index contributed by atoms with van der Waals surface area (Å²) in [7, 11) is 3.20. The number of nitrogens with zero attached hydrogens (tertiary/aromatic N) is 1. The van der Waals surface area contributed by atoms with Crippen molar-refractivity contribution in [3.05, 3.63) is 59.7 Å². The van der Waals surface area contributed by atoms with Crippen molar-refractivity contribution in [1.82, 2.24) is 0 Å². The lowest BCUT2D eigenvalue weighted by atomic mass is 9.94. The predicted octanol–water partition coefficient (Wildman–Crippen LogP) is 4.70. The summed E-state index contributed by atoms with van der Waals surface area (Å²) >= 11 is 0. The quantitative estimate of drug-likeness (QED) is 0.704. The molecule has 0 N–H and O–H groups in total. The van der Waals surface area contributed by atoms with Gasteiger partial charge in [0.25, 0.3) is 0 Å². The number of fused-ring (bicyclic) bond motifs is 1. The van der Waals surface area contributed by atoms with Gasteiger partial charge in [-0.15, -0.1) is 0 Å². The molecule has 0 bridgehead atoms. The summed E-state index contributed by atoms with van der Waals surface area (Å²) in [6.07, 6.45) is 0. The van der Waals surface area contributed by atoms with Crippen LogP contribution in [0.1, 0.15) is 11.1 Å². The Morgan fingerprint density at radius 2 is 1.65 bits per heavy atom. The molecule has 0 atom stereocenters. The number of aryl methyl sites for hydroxylation is 1. The molecule has 3 heteroatoms. The fourth-order valence-corrected chi connectivity index (χ4v) is 2.82. The van der Waals surface area contributed by atoms with E-state index in [-0.39, 0.29) is 0 Å². The van der Waals surface area contributed by atoms with E-state index in [1.807, 2.05) is 49.4 Å². The van der Waals surface area contributed by atoms with Crippen molar-refractivity contribution in [2.45, 2.75) is 6.92 Å². The first-order valence-electron chi connectivity index (χ1n) is 7.34. The van der Waals surface area contributed by atoms with Gasteiger partial charge in [-0.1, -0.05) is 42.0 Å². The molecule has 0 saturated carbocycles. The van der Waals surface area contributed by atoms with Crippen LogP contribution in [0.4, 0.5) is 0 Å². The smallest absolute Gasteiger partial charge is 0.161 e.